The maximum absolute atomic E-state index is 11.8. The van der Waals surface area contributed by atoms with E-state index in [1.165, 1.54) is 4.88 Å². The van der Waals surface area contributed by atoms with Gasteiger partial charge in [-0.15, -0.1) is 11.3 Å². The molecule has 20 heavy (non-hydrogen) atoms. The van der Waals surface area contributed by atoms with Crippen LogP contribution in [0.1, 0.15) is 17.7 Å². The third-order valence-electron chi connectivity index (χ3n) is 3.78. The van der Waals surface area contributed by atoms with Gasteiger partial charge in [-0.3, -0.25) is 14.6 Å². The standard InChI is InChI=1S/C14H20ClN3OS/c15-13-4-3-12(20-13)9-17-5-7-18(8-6-17)10-14(19)16-11-1-2-11/h3-4,11H,1-2,5-10H2,(H,16,19). The summed E-state index contributed by atoms with van der Waals surface area (Å²) in [5.41, 5.74) is 0. The second-order valence-corrected chi connectivity index (χ2v) is 7.40. The molecule has 3 rings (SSSR count). The topological polar surface area (TPSA) is 35.6 Å². The summed E-state index contributed by atoms with van der Waals surface area (Å²) in [5.74, 6) is 0.186. The molecule has 0 spiro atoms. The van der Waals surface area contributed by atoms with Crippen molar-refractivity contribution in [2.75, 3.05) is 32.7 Å². The summed E-state index contributed by atoms with van der Waals surface area (Å²) in [6.45, 7) is 5.50. The van der Waals surface area contributed by atoms with Gasteiger partial charge in [-0.1, -0.05) is 11.6 Å². The average Bonchev–Trinajstić information content (AvgIpc) is 3.13. The normalized spacial score (nSPS) is 21.1. The zero-order valence-electron chi connectivity index (χ0n) is 11.5. The van der Waals surface area contributed by atoms with Gasteiger partial charge in [0.05, 0.1) is 10.9 Å². The number of nitrogens with one attached hydrogen (secondary N) is 1. The molecule has 0 atom stereocenters. The van der Waals surface area contributed by atoms with Gasteiger partial charge in [0.2, 0.25) is 5.91 Å². The predicted octanol–water partition coefficient (Wildman–Crippen LogP) is 1.80. The fraction of sp³-hybridized carbons (Fsp3) is 0.643. The van der Waals surface area contributed by atoms with Gasteiger partial charge in [0.1, 0.15) is 0 Å². The van der Waals surface area contributed by atoms with Crippen molar-refractivity contribution in [1.82, 2.24) is 15.1 Å². The first-order valence-corrected chi connectivity index (χ1v) is 8.37. The number of carbonyl (C=O) groups excluding carboxylic acids is 1. The molecule has 1 amide bonds. The quantitative estimate of drug-likeness (QED) is 0.900. The Kier molecular flexibility index (Phi) is 4.61. The Morgan fingerprint density at radius 3 is 2.55 bits per heavy atom. The van der Waals surface area contributed by atoms with E-state index in [9.17, 15) is 4.79 Å². The van der Waals surface area contributed by atoms with Crippen LogP contribution in [0.5, 0.6) is 0 Å². The molecule has 1 aromatic rings. The van der Waals surface area contributed by atoms with Gasteiger partial charge in [-0.2, -0.15) is 0 Å². The molecule has 0 aromatic carbocycles. The Morgan fingerprint density at radius 1 is 1.25 bits per heavy atom. The number of nitrogens with zero attached hydrogens (tertiary/aromatic N) is 2. The van der Waals surface area contributed by atoms with E-state index in [0.717, 1.165) is 49.9 Å². The van der Waals surface area contributed by atoms with E-state index in [-0.39, 0.29) is 5.91 Å². The fourth-order valence-electron chi connectivity index (χ4n) is 2.47. The van der Waals surface area contributed by atoms with Crippen molar-refractivity contribution in [3.05, 3.63) is 21.3 Å². The first-order valence-electron chi connectivity index (χ1n) is 7.17. The van der Waals surface area contributed by atoms with E-state index >= 15 is 0 Å². The minimum atomic E-state index is 0.186. The molecule has 1 aromatic heterocycles. The number of hydrogen-bond donors (Lipinski definition) is 1. The van der Waals surface area contributed by atoms with E-state index in [1.54, 1.807) is 11.3 Å². The highest BCUT2D eigenvalue weighted by Crippen LogP contribution is 2.23. The monoisotopic (exact) mass is 313 g/mol. The Bertz CT molecular complexity index is 467. The lowest BCUT2D eigenvalue weighted by atomic mass is 10.3. The first kappa shape index (κ1) is 14.3. The maximum atomic E-state index is 11.8. The van der Waals surface area contributed by atoms with E-state index in [1.807, 2.05) is 6.07 Å². The Hall–Kier alpha value is -0.620. The molecule has 1 N–H and O–H groups in total. The molecule has 0 radical (unpaired) electrons. The summed E-state index contributed by atoms with van der Waals surface area (Å²) >= 11 is 7.61. The number of carbonyl (C=O) groups is 1. The van der Waals surface area contributed by atoms with Crippen LogP contribution in [0.15, 0.2) is 12.1 Å². The van der Waals surface area contributed by atoms with Gasteiger partial charge in [0.15, 0.2) is 0 Å². The van der Waals surface area contributed by atoms with Crippen LogP contribution in [0.25, 0.3) is 0 Å². The van der Waals surface area contributed by atoms with Gasteiger partial charge >= 0.3 is 0 Å². The summed E-state index contributed by atoms with van der Waals surface area (Å²) < 4.78 is 0.857. The zero-order chi connectivity index (χ0) is 13.9. The Labute approximate surface area is 128 Å². The summed E-state index contributed by atoms with van der Waals surface area (Å²) in [7, 11) is 0. The smallest absolute Gasteiger partial charge is 0.234 e. The molecule has 1 aliphatic heterocycles. The number of thiophene rings is 1. The minimum absolute atomic E-state index is 0.186. The van der Waals surface area contributed by atoms with Crippen LogP contribution >= 0.6 is 22.9 Å². The van der Waals surface area contributed by atoms with Crippen molar-refractivity contribution in [3.63, 3.8) is 0 Å². The van der Waals surface area contributed by atoms with E-state index in [2.05, 4.69) is 21.2 Å². The average molecular weight is 314 g/mol. The molecule has 1 saturated heterocycles. The van der Waals surface area contributed by atoms with E-state index in [4.69, 9.17) is 11.6 Å². The minimum Gasteiger partial charge on any atom is -0.352 e. The van der Waals surface area contributed by atoms with Crippen molar-refractivity contribution in [1.29, 1.82) is 0 Å². The summed E-state index contributed by atoms with van der Waals surface area (Å²) in [4.78, 5) is 17.7. The molecule has 0 unspecified atom stereocenters. The van der Waals surface area contributed by atoms with Gasteiger partial charge in [0.25, 0.3) is 0 Å². The molecular weight excluding hydrogens is 294 g/mol. The lowest BCUT2D eigenvalue weighted by molar-refractivity contribution is -0.122. The summed E-state index contributed by atoms with van der Waals surface area (Å²) in [5, 5.41) is 3.05. The molecule has 110 valence electrons. The highest BCUT2D eigenvalue weighted by atomic mass is 35.5. The van der Waals surface area contributed by atoms with Crippen LogP contribution in [-0.2, 0) is 11.3 Å². The van der Waals surface area contributed by atoms with Crippen LogP contribution in [0.4, 0.5) is 0 Å². The highest BCUT2D eigenvalue weighted by Gasteiger charge is 2.25. The van der Waals surface area contributed by atoms with Crippen molar-refractivity contribution in [2.45, 2.75) is 25.4 Å². The van der Waals surface area contributed by atoms with Gasteiger partial charge < -0.3 is 5.32 Å². The van der Waals surface area contributed by atoms with Gasteiger partial charge in [-0.05, 0) is 25.0 Å². The van der Waals surface area contributed by atoms with E-state index in [0.29, 0.717) is 12.6 Å². The van der Waals surface area contributed by atoms with Crippen LogP contribution in [0, 0.1) is 0 Å². The third-order valence-corrected chi connectivity index (χ3v) is 5.00. The second-order valence-electron chi connectivity index (χ2n) is 5.60. The SMILES string of the molecule is O=C(CN1CCN(Cc2ccc(Cl)s2)CC1)NC1CC1. The fourth-order valence-corrected chi connectivity index (χ4v) is 3.60. The first-order chi connectivity index (χ1) is 9.69. The number of hydrogen-bond acceptors (Lipinski definition) is 4. The van der Waals surface area contributed by atoms with Crippen molar-refractivity contribution < 1.29 is 4.79 Å². The third kappa shape index (κ3) is 4.19. The largest absolute Gasteiger partial charge is 0.352 e. The number of halogens is 1. The second kappa shape index (κ2) is 6.43. The Balaban J connectivity index is 1.38. The van der Waals surface area contributed by atoms with Crippen LogP contribution < -0.4 is 5.32 Å². The Morgan fingerprint density at radius 2 is 1.95 bits per heavy atom. The molecule has 6 heteroatoms. The van der Waals surface area contributed by atoms with Crippen LogP contribution in [-0.4, -0.2) is 54.5 Å². The van der Waals surface area contributed by atoms with Crippen molar-refractivity contribution in [3.8, 4) is 0 Å². The number of rotatable bonds is 5. The van der Waals surface area contributed by atoms with Crippen molar-refractivity contribution >= 4 is 28.8 Å². The molecule has 2 aliphatic rings. The number of piperazine rings is 1. The molecular formula is C14H20ClN3OS. The molecule has 4 nitrogen and oxygen atoms in total. The molecule has 2 heterocycles. The lowest BCUT2D eigenvalue weighted by Gasteiger charge is -2.34. The van der Waals surface area contributed by atoms with Crippen molar-refractivity contribution in [2.24, 2.45) is 0 Å². The molecule has 1 aliphatic carbocycles. The van der Waals surface area contributed by atoms with Gasteiger partial charge in [-0.25, -0.2) is 0 Å². The molecule has 2 fully saturated rings. The van der Waals surface area contributed by atoms with Crippen LogP contribution in [0.3, 0.4) is 0 Å². The lowest BCUT2D eigenvalue weighted by Crippen LogP contribution is -2.49. The molecule has 1 saturated carbocycles. The summed E-state index contributed by atoms with van der Waals surface area (Å²) in [6, 6.07) is 4.52. The van der Waals surface area contributed by atoms with E-state index < -0.39 is 0 Å². The maximum Gasteiger partial charge on any atom is 0.234 e. The summed E-state index contributed by atoms with van der Waals surface area (Å²) in [6.07, 6.45) is 2.31. The predicted molar refractivity (Wildman–Crippen MR) is 82.2 cm³/mol. The van der Waals surface area contributed by atoms with Crippen LogP contribution in [0.2, 0.25) is 4.34 Å². The van der Waals surface area contributed by atoms with Gasteiger partial charge in [0, 0.05) is 43.6 Å². The molecule has 0 bridgehead atoms. The number of amides is 1. The highest BCUT2D eigenvalue weighted by molar-refractivity contribution is 7.16. The zero-order valence-corrected chi connectivity index (χ0v) is 13.1.